The van der Waals surface area contributed by atoms with Gasteiger partial charge in [-0.1, -0.05) is 34.1 Å². The van der Waals surface area contributed by atoms with Crippen molar-refractivity contribution < 1.29 is 17.9 Å². The minimum atomic E-state index is -4.24. The Labute approximate surface area is 125 Å². The number of ether oxygens (including phenoxy) is 1. The second-order valence-electron chi connectivity index (χ2n) is 4.59. The predicted octanol–water partition coefficient (Wildman–Crippen LogP) is 4.11. The predicted molar refractivity (Wildman–Crippen MR) is 76.9 cm³/mol. The van der Waals surface area contributed by atoms with Crippen LogP contribution < -0.4 is 5.32 Å². The molecule has 0 fully saturated rings. The zero-order valence-electron chi connectivity index (χ0n) is 11.3. The van der Waals surface area contributed by atoms with Crippen molar-refractivity contribution in [1.29, 1.82) is 0 Å². The highest BCUT2D eigenvalue weighted by Crippen LogP contribution is 2.28. The fourth-order valence-electron chi connectivity index (χ4n) is 2.04. The lowest BCUT2D eigenvalue weighted by atomic mass is 9.94. The number of hydrogen-bond acceptors (Lipinski definition) is 2. The molecule has 6 heteroatoms. The molecule has 0 radical (unpaired) electrons. The molecular weight excluding hydrogens is 335 g/mol. The van der Waals surface area contributed by atoms with Crippen molar-refractivity contribution in [3.63, 3.8) is 0 Å². The molecule has 1 N–H and O–H groups in total. The Hall–Kier alpha value is -0.590. The number of rotatable bonds is 8. The molecule has 2 nitrogen and oxygen atoms in total. The first-order valence-electron chi connectivity index (χ1n) is 6.47. The fraction of sp³-hybridized carbons (Fsp3) is 0.571. The second-order valence-corrected chi connectivity index (χ2v) is 5.44. The van der Waals surface area contributed by atoms with Gasteiger partial charge >= 0.3 is 6.18 Å². The average molecular weight is 354 g/mol. The highest BCUT2D eigenvalue weighted by Gasteiger charge is 2.27. The maximum Gasteiger partial charge on any atom is 0.411 e. The molecule has 0 spiro atoms. The van der Waals surface area contributed by atoms with Gasteiger partial charge in [0.05, 0.1) is 0 Å². The number of nitrogens with one attached hydrogen (secondary N) is 1. The van der Waals surface area contributed by atoms with Crippen LogP contribution in [0.15, 0.2) is 28.7 Å². The van der Waals surface area contributed by atoms with E-state index in [4.69, 9.17) is 0 Å². The van der Waals surface area contributed by atoms with Crippen LogP contribution in [-0.2, 0) is 4.74 Å². The van der Waals surface area contributed by atoms with Crippen LogP contribution in [0.5, 0.6) is 0 Å². The van der Waals surface area contributed by atoms with Crippen LogP contribution in [-0.4, -0.2) is 33.0 Å². The van der Waals surface area contributed by atoms with Gasteiger partial charge in [-0.2, -0.15) is 13.2 Å². The van der Waals surface area contributed by atoms with Crippen LogP contribution in [0, 0.1) is 0 Å². The Kier molecular flexibility index (Phi) is 7.55. The lowest BCUT2D eigenvalue weighted by Gasteiger charge is -2.18. The van der Waals surface area contributed by atoms with Crippen LogP contribution in [0.25, 0.3) is 0 Å². The van der Waals surface area contributed by atoms with E-state index in [2.05, 4.69) is 26.0 Å². The summed E-state index contributed by atoms with van der Waals surface area (Å²) in [4.78, 5) is 0. The Balaban J connectivity index is 2.42. The first-order valence-corrected chi connectivity index (χ1v) is 7.27. The monoisotopic (exact) mass is 353 g/mol. The summed E-state index contributed by atoms with van der Waals surface area (Å²) in [5.74, 6) is 0.255. The van der Waals surface area contributed by atoms with Gasteiger partial charge in [-0.05, 0) is 37.4 Å². The summed E-state index contributed by atoms with van der Waals surface area (Å²) in [5.41, 5.74) is 1.16. The van der Waals surface area contributed by atoms with Gasteiger partial charge in [0, 0.05) is 17.6 Å². The largest absolute Gasteiger partial charge is 0.411 e. The van der Waals surface area contributed by atoms with Gasteiger partial charge in [-0.15, -0.1) is 0 Å². The maximum atomic E-state index is 11.9. The van der Waals surface area contributed by atoms with Gasteiger partial charge in [0.15, 0.2) is 0 Å². The third-order valence-corrected chi connectivity index (χ3v) is 3.62. The molecule has 0 saturated heterocycles. The van der Waals surface area contributed by atoms with E-state index in [1.54, 1.807) is 0 Å². The summed E-state index contributed by atoms with van der Waals surface area (Å²) in [6, 6.07) is 7.90. The van der Waals surface area contributed by atoms with Crippen molar-refractivity contribution in [2.45, 2.75) is 24.9 Å². The van der Waals surface area contributed by atoms with E-state index in [0.717, 1.165) is 23.0 Å². The van der Waals surface area contributed by atoms with E-state index in [0.29, 0.717) is 6.42 Å². The van der Waals surface area contributed by atoms with E-state index >= 15 is 0 Å². The molecule has 20 heavy (non-hydrogen) atoms. The molecule has 0 aliphatic rings. The lowest BCUT2D eigenvalue weighted by Crippen LogP contribution is -2.19. The Morgan fingerprint density at radius 2 is 2.00 bits per heavy atom. The molecular formula is C14H19BrF3NO. The van der Waals surface area contributed by atoms with Crippen LogP contribution in [0.1, 0.15) is 24.3 Å². The van der Waals surface area contributed by atoms with Crippen molar-refractivity contribution >= 4 is 15.9 Å². The van der Waals surface area contributed by atoms with E-state index < -0.39 is 12.8 Å². The van der Waals surface area contributed by atoms with E-state index in [1.165, 1.54) is 0 Å². The van der Waals surface area contributed by atoms with E-state index in [-0.39, 0.29) is 12.5 Å². The standard InChI is InChI=1S/C14H19BrF3NO/c1-19-9-11(12-6-2-3-7-13(12)15)5-4-8-20-10-14(16,17)18/h2-3,6-7,11,19H,4-5,8-10H2,1H3. The topological polar surface area (TPSA) is 21.3 Å². The molecule has 0 aromatic heterocycles. The van der Waals surface area contributed by atoms with Crippen molar-refractivity contribution in [3.8, 4) is 0 Å². The third kappa shape index (κ3) is 6.72. The van der Waals surface area contributed by atoms with Gasteiger partial charge in [-0.3, -0.25) is 0 Å². The van der Waals surface area contributed by atoms with Crippen molar-refractivity contribution in [2.75, 3.05) is 26.8 Å². The summed E-state index contributed by atoms with van der Waals surface area (Å²) in [6.45, 7) is -0.259. The molecule has 0 amide bonds. The van der Waals surface area contributed by atoms with Crippen molar-refractivity contribution in [3.05, 3.63) is 34.3 Å². The highest BCUT2D eigenvalue weighted by molar-refractivity contribution is 9.10. The van der Waals surface area contributed by atoms with E-state index in [9.17, 15) is 13.2 Å². The summed E-state index contributed by atoms with van der Waals surface area (Å²) in [6.07, 6.45) is -2.86. The summed E-state index contributed by atoms with van der Waals surface area (Å²) in [7, 11) is 1.87. The summed E-state index contributed by atoms with van der Waals surface area (Å²) >= 11 is 3.51. The molecule has 1 atom stereocenters. The van der Waals surface area contributed by atoms with Crippen molar-refractivity contribution in [2.24, 2.45) is 0 Å². The lowest BCUT2D eigenvalue weighted by molar-refractivity contribution is -0.174. The summed E-state index contributed by atoms with van der Waals surface area (Å²) < 4.78 is 41.5. The Morgan fingerprint density at radius 1 is 1.30 bits per heavy atom. The quantitative estimate of drug-likeness (QED) is 0.710. The van der Waals surface area contributed by atoms with Crippen LogP contribution >= 0.6 is 15.9 Å². The van der Waals surface area contributed by atoms with Crippen LogP contribution in [0.3, 0.4) is 0 Å². The third-order valence-electron chi connectivity index (χ3n) is 2.90. The summed E-state index contributed by atoms with van der Waals surface area (Å²) in [5, 5.41) is 3.12. The first-order chi connectivity index (χ1) is 9.44. The van der Waals surface area contributed by atoms with Gasteiger partial charge < -0.3 is 10.1 Å². The highest BCUT2D eigenvalue weighted by atomic mass is 79.9. The number of halogens is 4. The molecule has 0 aliphatic carbocycles. The Bertz CT molecular complexity index is 398. The smallest absolute Gasteiger partial charge is 0.372 e. The molecule has 0 saturated carbocycles. The minimum Gasteiger partial charge on any atom is -0.372 e. The van der Waals surface area contributed by atoms with Crippen LogP contribution in [0.2, 0.25) is 0 Å². The zero-order valence-corrected chi connectivity index (χ0v) is 12.9. The molecule has 1 aromatic rings. The number of hydrogen-bond donors (Lipinski definition) is 1. The molecule has 1 rings (SSSR count). The normalized spacial score (nSPS) is 13.4. The molecule has 0 heterocycles. The van der Waals surface area contributed by atoms with Gasteiger partial charge in [0.1, 0.15) is 6.61 Å². The first kappa shape index (κ1) is 17.5. The molecule has 1 unspecified atom stereocenters. The van der Waals surface area contributed by atoms with E-state index in [1.807, 2.05) is 31.3 Å². The molecule has 0 aliphatic heterocycles. The van der Waals surface area contributed by atoms with Gasteiger partial charge in [0.2, 0.25) is 0 Å². The van der Waals surface area contributed by atoms with Crippen molar-refractivity contribution in [1.82, 2.24) is 5.32 Å². The number of benzene rings is 1. The molecule has 1 aromatic carbocycles. The number of likely N-dealkylation sites (N-methyl/N-ethyl adjacent to an activating group) is 1. The van der Waals surface area contributed by atoms with Crippen LogP contribution in [0.4, 0.5) is 13.2 Å². The fourth-order valence-corrected chi connectivity index (χ4v) is 2.65. The van der Waals surface area contributed by atoms with Gasteiger partial charge in [0.25, 0.3) is 0 Å². The average Bonchev–Trinajstić information content (AvgIpc) is 2.36. The SMILES string of the molecule is CNCC(CCCOCC(F)(F)F)c1ccccc1Br. The Morgan fingerprint density at radius 3 is 2.60 bits per heavy atom. The molecule has 0 bridgehead atoms. The zero-order chi connectivity index (χ0) is 15.0. The number of alkyl halides is 3. The van der Waals surface area contributed by atoms with Gasteiger partial charge in [-0.25, -0.2) is 0 Å². The maximum absolute atomic E-state index is 11.9. The second kappa shape index (κ2) is 8.64. The minimum absolute atomic E-state index is 0.129. The molecule has 114 valence electrons.